The van der Waals surface area contributed by atoms with E-state index in [2.05, 4.69) is 9.71 Å². The second kappa shape index (κ2) is 8.34. The summed E-state index contributed by atoms with van der Waals surface area (Å²) in [5.74, 6) is -0.158. The molecule has 164 valence electrons. The van der Waals surface area contributed by atoms with Crippen LogP contribution in [0, 0.1) is 6.92 Å². The number of amides is 1. The smallest absolute Gasteiger partial charge is 0.349 e. The van der Waals surface area contributed by atoms with Crippen LogP contribution in [0.4, 0.5) is 13.2 Å². The lowest BCUT2D eigenvalue weighted by molar-refractivity contribution is -0.159. The van der Waals surface area contributed by atoms with E-state index in [4.69, 9.17) is 23.2 Å². The minimum Gasteiger partial charge on any atom is -0.349 e. The zero-order chi connectivity index (χ0) is 22.4. The second-order valence-electron chi connectivity index (χ2n) is 7.92. The minimum absolute atomic E-state index is 0.0329. The van der Waals surface area contributed by atoms with E-state index in [-0.39, 0.29) is 34.0 Å². The molecule has 1 N–H and O–H groups in total. The summed E-state index contributed by atoms with van der Waals surface area (Å²) in [6.45, 7) is 1.77. The van der Waals surface area contributed by atoms with E-state index in [1.54, 1.807) is 25.1 Å². The summed E-state index contributed by atoms with van der Waals surface area (Å²) < 4.78 is 44.6. The van der Waals surface area contributed by atoms with Crippen LogP contribution in [0.3, 0.4) is 0 Å². The van der Waals surface area contributed by atoms with Gasteiger partial charge in [0.25, 0.3) is 5.91 Å². The largest absolute Gasteiger partial charge is 0.409 e. The Morgan fingerprint density at radius 2 is 1.84 bits per heavy atom. The number of carbonyl (C=O) groups is 1. The molecule has 1 unspecified atom stereocenters. The predicted octanol–water partition coefficient (Wildman–Crippen LogP) is 6.88. The number of aryl methyl sites for hydroxylation is 1. The van der Waals surface area contributed by atoms with Gasteiger partial charge in [-0.3, -0.25) is 4.79 Å². The number of hydrogen-bond acceptors (Lipinski definition) is 3. The van der Waals surface area contributed by atoms with Gasteiger partial charge in [0.1, 0.15) is 0 Å². The van der Waals surface area contributed by atoms with Crippen molar-refractivity contribution in [3.63, 3.8) is 0 Å². The van der Waals surface area contributed by atoms with Crippen LogP contribution in [0.2, 0.25) is 10.0 Å². The van der Waals surface area contributed by atoms with E-state index < -0.39 is 10.9 Å². The van der Waals surface area contributed by atoms with E-state index in [0.29, 0.717) is 34.3 Å². The molecule has 2 aromatic rings. The topological polar surface area (TPSA) is 41.5 Å². The van der Waals surface area contributed by atoms with Gasteiger partial charge in [-0.15, -0.1) is 0 Å². The third-order valence-corrected chi connectivity index (χ3v) is 7.43. The normalized spacial score (nSPS) is 21.5. The summed E-state index contributed by atoms with van der Waals surface area (Å²) in [4.78, 5) is 12.5. The average Bonchev–Trinajstić information content (AvgIpc) is 3.10. The maximum Gasteiger partial charge on any atom is 0.409 e. The zero-order valence-electron chi connectivity index (χ0n) is 16.5. The molecule has 1 saturated carbocycles. The molecule has 1 amide bonds. The van der Waals surface area contributed by atoms with Crippen LogP contribution in [0.5, 0.6) is 0 Å². The first-order chi connectivity index (χ1) is 14.6. The Morgan fingerprint density at radius 1 is 1.16 bits per heavy atom. The number of alkyl halides is 3. The Labute approximate surface area is 192 Å². The molecule has 0 aromatic heterocycles. The maximum absolute atomic E-state index is 14.2. The van der Waals surface area contributed by atoms with E-state index in [9.17, 15) is 18.0 Å². The fourth-order valence-electron chi connectivity index (χ4n) is 3.76. The Balaban J connectivity index is 1.61. The number of rotatable bonds is 4. The summed E-state index contributed by atoms with van der Waals surface area (Å²) in [6.07, 6.45) is -1.87. The Bertz CT molecular complexity index is 1050. The highest BCUT2D eigenvalue weighted by Crippen LogP contribution is 2.57. The SMILES string of the molecule is Cc1cc(C2=NSC(c3cc(Cl)cc(Cl)c3)(C(F)(F)F)C2)ccc1C(=O)NC1CCC1. The van der Waals surface area contributed by atoms with E-state index >= 15 is 0 Å². The van der Waals surface area contributed by atoms with Gasteiger partial charge in [0.05, 0.1) is 5.71 Å². The first-order valence-electron chi connectivity index (χ1n) is 9.79. The lowest BCUT2D eigenvalue weighted by Crippen LogP contribution is -2.39. The van der Waals surface area contributed by atoms with Crippen molar-refractivity contribution in [1.82, 2.24) is 5.32 Å². The second-order valence-corrected chi connectivity index (χ2v) is 9.85. The van der Waals surface area contributed by atoms with Crippen LogP contribution in [0.15, 0.2) is 40.8 Å². The molecule has 0 saturated heterocycles. The van der Waals surface area contributed by atoms with Crippen LogP contribution in [-0.4, -0.2) is 23.8 Å². The van der Waals surface area contributed by atoms with Crippen molar-refractivity contribution in [1.29, 1.82) is 0 Å². The third-order valence-electron chi connectivity index (χ3n) is 5.76. The third kappa shape index (κ3) is 4.32. The molecule has 1 aliphatic heterocycles. The summed E-state index contributed by atoms with van der Waals surface area (Å²) in [7, 11) is 0. The van der Waals surface area contributed by atoms with Crippen LogP contribution in [0.1, 0.15) is 52.7 Å². The number of carbonyl (C=O) groups excluding carboxylic acids is 1. The molecule has 3 nitrogen and oxygen atoms in total. The number of benzene rings is 2. The summed E-state index contributed by atoms with van der Waals surface area (Å²) in [6, 6.07) is 9.19. The van der Waals surface area contributed by atoms with Gasteiger partial charge in [0, 0.05) is 28.1 Å². The van der Waals surface area contributed by atoms with Crippen LogP contribution >= 0.6 is 35.1 Å². The molecule has 9 heteroatoms. The summed E-state index contributed by atoms with van der Waals surface area (Å²) >= 11 is 12.4. The van der Waals surface area contributed by atoms with Crippen molar-refractivity contribution < 1.29 is 18.0 Å². The fraction of sp³-hybridized carbons (Fsp3) is 0.364. The molecule has 0 bridgehead atoms. The van der Waals surface area contributed by atoms with Crippen molar-refractivity contribution in [3.8, 4) is 0 Å². The zero-order valence-corrected chi connectivity index (χ0v) is 18.9. The molecule has 2 aliphatic rings. The van der Waals surface area contributed by atoms with Crippen molar-refractivity contribution in [2.45, 2.75) is 49.6 Å². The Morgan fingerprint density at radius 3 is 2.39 bits per heavy atom. The molecule has 0 radical (unpaired) electrons. The minimum atomic E-state index is -4.57. The maximum atomic E-state index is 14.2. The molecular formula is C22H19Cl2F3N2OS. The van der Waals surface area contributed by atoms with Gasteiger partial charge in [-0.05, 0) is 85.2 Å². The molecule has 4 rings (SSSR count). The van der Waals surface area contributed by atoms with Gasteiger partial charge in [0.15, 0.2) is 4.75 Å². The summed E-state index contributed by atoms with van der Waals surface area (Å²) in [5.41, 5.74) is 2.05. The average molecular weight is 487 g/mol. The number of nitrogens with one attached hydrogen (secondary N) is 1. The van der Waals surface area contributed by atoms with Crippen molar-refractivity contribution in [2.75, 3.05) is 0 Å². The van der Waals surface area contributed by atoms with E-state index in [0.717, 1.165) is 19.3 Å². The summed E-state index contributed by atoms with van der Waals surface area (Å²) in [5, 5.41) is 3.25. The van der Waals surface area contributed by atoms with Crippen LogP contribution in [0.25, 0.3) is 0 Å². The lowest BCUT2D eigenvalue weighted by Gasteiger charge is -2.30. The standard InChI is InChI=1S/C22H19Cl2F3N2OS/c1-12-7-13(5-6-18(12)20(30)28-17-3-2-4-17)19-11-21(31-29-19,22(25,26)27)14-8-15(23)10-16(24)9-14/h5-10,17H,2-4,11H2,1H3,(H,28,30). The molecule has 31 heavy (non-hydrogen) atoms. The van der Waals surface area contributed by atoms with E-state index in [1.165, 1.54) is 18.2 Å². The Hall–Kier alpha value is -1.70. The molecule has 0 spiro atoms. The number of nitrogens with zero attached hydrogens (tertiary/aromatic N) is 1. The van der Waals surface area contributed by atoms with Crippen LogP contribution < -0.4 is 5.32 Å². The first kappa shape index (κ1) is 22.5. The number of halogens is 5. The van der Waals surface area contributed by atoms with Gasteiger partial charge in [0.2, 0.25) is 0 Å². The van der Waals surface area contributed by atoms with Crippen molar-refractivity contribution in [2.24, 2.45) is 4.40 Å². The fourth-order valence-corrected chi connectivity index (χ4v) is 5.25. The highest BCUT2D eigenvalue weighted by atomic mass is 35.5. The van der Waals surface area contributed by atoms with Crippen molar-refractivity contribution in [3.05, 3.63) is 68.7 Å². The molecule has 1 heterocycles. The molecular weight excluding hydrogens is 468 g/mol. The lowest BCUT2D eigenvalue weighted by atomic mass is 9.88. The van der Waals surface area contributed by atoms with Crippen LogP contribution in [-0.2, 0) is 4.75 Å². The predicted molar refractivity (Wildman–Crippen MR) is 119 cm³/mol. The molecule has 1 fully saturated rings. The van der Waals surface area contributed by atoms with Gasteiger partial charge in [-0.25, -0.2) is 4.40 Å². The highest BCUT2D eigenvalue weighted by Gasteiger charge is 2.60. The monoisotopic (exact) mass is 486 g/mol. The Kier molecular flexibility index (Phi) is 6.05. The molecule has 2 aromatic carbocycles. The molecule has 1 aliphatic carbocycles. The van der Waals surface area contributed by atoms with Gasteiger partial charge < -0.3 is 5.32 Å². The van der Waals surface area contributed by atoms with Gasteiger partial charge in [-0.1, -0.05) is 29.3 Å². The van der Waals surface area contributed by atoms with E-state index in [1.807, 2.05) is 0 Å². The molecule has 1 atom stereocenters. The van der Waals surface area contributed by atoms with Crippen molar-refractivity contribution >= 4 is 46.8 Å². The first-order valence-corrected chi connectivity index (χ1v) is 11.3. The van der Waals surface area contributed by atoms with Gasteiger partial charge >= 0.3 is 6.18 Å². The quantitative estimate of drug-likeness (QED) is 0.478. The van der Waals surface area contributed by atoms with Gasteiger partial charge in [-0.2, -0.15) is 13.2 Å². The highest BCUT2D eigenvalue weighted by molar-refractivity contribution is 7.99. The number of hydrogen-bond donors (Lipinski definition) is 1.